The summed E-state index contributed by atoms with van der Waals surface area (Å²) < 4.78 is 5.08. The molecule has 6 heteroatoms. The van der Waals surface area contributed by atoms with Crippen LogP contribution in [0.25, 0.3) is 0 Å². The Morgan fingerprint density at radius 3 is 2.72 bits per heavy atom. The van der Waals surface area contributed by atoms with E-state index in [4.69, 9.17) is 4.74 Å². The zero-order valence-corrected chi connectivity index (χ0v) is 16.7. The van der Waals surface area contributed by atoms with E-state index in [1.807, 2.05) is 30.3 Å². The average Bonchev–Trinajstić information content (AvgIpc) is 2.78. The predicted octanol–water partition coefficient (Wildman–Crippen LogP) is 2.19. The highest BCUT2D eigenvalue weighted by atomic mass is 16.5. The van der Waals surface area contributed by atoms with E-state index in [-0.39, 0.29) is 17.9 Å². The number of amides is 1. The molecule has 1 saturated heterocycles. The molecule has 0 spiro atoms. The van der Waals surface area contributed by atoms with Crippen molar-refractivity contribution < 1.29 is 9.53 Å². The van der Waals surface area contributed by atoms with Crippen LogP contribution in [0.2, 0.25) is 0 Å². The van der Waals surface area contributed by atoms with Crippen LogP contribution in [0.3, 0.4) is 0 Å². The number of ether oxygens (including phenoxy) is 1. The Balaban J connectivity index is 1.63. The van der Waals surface area contributed by atoms with Gasteiger partial charge in [0.15, 0.2) is 0 Å². The fraction of sp³-hybridized carbons (Fsp3) is 0.391. The number of nitrogens with one attached hydrogen (secondary N) is 1. The summed E-state index contributed by atoms with van der Waals surface area (Å²) in [5, 5.41) is 12.5. The lowest BCUT2D eigenvalue weighted by molar-refractivity contribution is -0.126. The molecule has 1 fully saturated rings. The van der Waals surface area contributed by atoms with Crippen molar-refractivity contribution in [3.63, 3.8) is 0 Å². The number of anilines is 2. The van der Waals surface area contributed by atoms with Crippen LogP contribution < -0.4 is 15.1 Å². The number of benzene rings is 2. The minimum atomic E-state index is -0.140. The zero-order valence-electron chi connectivity index (χ0n) is 16.7. The number of rotatable bonds is 5. The van der Waals surface area contributed by atoms with Gasteiger partial charge >= 0.3 is 0 Å². The van der Waals surface area contributed by atoms with Gasteiger partial charge in [-0.15, -0.1) is 0 Å². The monoisotopic (exact) mass is 390 g/mol. The molecule has 29 heavy (non-hydrogen) atoms. The quantitative estimate of drug-likeness (QED) is 0.793. The van der Waals surface area contributed by atoms with Gasteiger partial charge in [-0.2, -0.15) is 5.26 Å². The van der Waals surface area contributed by atoms with Crippen molar-refractivity contribution in [1.82, 2.24) is 5.32 Å². The minimum Gasteiger partial charge on any atom is -0.383 e. The van der Waals surface area contributed by atoms with Crippen molar-refractivity contribution in [3.8, 4) is 6.07 Å². The first kappa shape index (κ1) is 19.3. The number of hydrogen-bond acceptors (Lipinski definition) is 5. The smallest absolute Gasteiger partial charge is 0.225 e. The molecule has 2 aromatic carbocycles. The lowest BCUT2D eigenvalue weighted by atomic mass is 9.83. The van der Waals surface area contributed by atoms with Gasteiger partial charge in [0.2, 0.25) is 5.91 Å². The summed E-state index contributed by atoms with van der Waals surface area (Å²) in [7, 11) is 1.64. The molecule has 2 aliphatic rings. The molecule has 4 rings (SSSR count). The minimum absolute atomic E-state index is 0.0629. The predicted molar refractivity (Wildman–Crippen MR) is 113 cm³/mol. The molecular formula is C23H26N4O2. The summed E-state index contributed by atoms with van der Waals surface area (Å²) in [6.45, 7) is 3.38. The molecule has 0 bridgehead atoms. The van der Waals surface area contributed by atoms with Gasteiger partial charge in [-0.25, -0.2) is 0 Å². The summed E-state index contributed by atoms with van der Waals surface area (Å²) in [5.41, 5.74) is 4.08. The van der Waals surface area contributed by atoms with Crippen molar-refractivity contribution >= 4 is 17.3 Å². The van der Waals surface area contributed by atoms with Crippen LogP contribution in [-0.4, -0.2) is 51.8 Å². The Bertz CT molecular complexity index is 923. The topological polar surface area (TPSA) is 68.6 Å². The van der Waals surface area contributed by atoms with Gasteiger partial charge in [-0.05, 0) is 30.2 Å². The number of piperazine rings is 1. The number of methoxy groups -OCH3 is 1. The van der Waals surface area contributed by atoms with E-state index in [2.05, 4.69) is 39.4 Å². The normalized spacial score (nSPS) is 20.4. The Morgan fingerprint density at radius 2 is 1.93 bits per heavy atom. The molecule has 2 atom stereocenters. The van der Waals surface area contributed by atoms with E-state index >= 15 is 0 Å². The third-order valence-electron chi connectivity index (χ3n) is 5.93. The number of nitrogens with zero attached hydrogens (tertiary/aromatic N) is 3. The molecule has 0 radical (unpaired) electrons. The maximum Gasteiger partial charge on any atom is 0.225 e. The number of carbonyl (C=O) groups excluding carboxylic acids is 1. The Morgan fingerprint density at radius 1 is 1.17 bits per heavy atom. The second kappa shape index (κ2) is 8.54. The van der Waals surface area contributed by atoms with E-state index in [9.17, 15) is 10.1 Å². The third kappa shape index (κ3) is 3.79. The van der Waals surface area contributed by atoms with E-state index < -0.39 is 0 Å². The van der Waals surface area contributed by atoms with Crippen molar-refractivity contribution in [3.05, 3.63) is 59.7 Å². The fourth-order valence-electron chi connectivity index (χ4n) is 4.53. The molecule has 0 saturated carbocycles. The van der Waals surface area contributed by atoms with Crippen LogP contribution in [0, 0.1) is 17.2 Å². The molecule has 2 heterocycles. The lowest BCUT2D eigenvalue weighted by Gasteiger charge is -2.49. The van der Waals surface area contributed by atoms with Crippen molar-refractivity contribution in [2.24, 2.45) is 5.92 Å². The van der Waals surface area contributed by atoms with Crippen LogP contribution in [-0.2, 0) is 16.0 Å². The number of fused-ring (bicyclic) bond motifs is 3. The SMILES string of the molecule is COCCNC(=O)[C@H]1Cc2ccccc2N2CCN(c3ccccc3C#N)C[C@H]12. The van der Waals surface area contributed by atoms with Gasteiger partial charge in [0.25, 0.3) is 0 Å². The largest absolute Gasteiger partial charge is 0.383 e. The zero-order chi connectivity index (χ0) is 20.2. The maximum atomic E-state index is 13.0. The van der Waals surface area contributed by atoms with Gasteiger partial charge in [0.1, 0.15) is 6.07 Å². The molecule has 1 N–H and O–H groups in total. The van der Waals surface area contributed by atoms with E-state index in [0.717, 1.165) is 31.7 Å². The fourth-order valence-corrected chi connectivity index (χ4v) is 4.53. The number of nitriles is 1. The van der Waals surface area contributed by atoms with Gasteiger partial charge < -0.3 is 19.9 Å². The summed E-state index contributed by atoms with van der Waals surface area (Å²) in [4.78, 5) is 17.7. The Hall–Kier alpha value is -3.04. The Labute approximate surface area is 171 Å². The highest BCUT2D eigenvalue weighted by molar-refractivity contribution is 5.82. The molecule has 6 nitrogen and oxygen atoms in total. The second-order valence-electron chi connectivity index (χ2n) is 7.56. The number of hydrogen-bond donors (Lipinski definition) is 1. The summed E-state index contributed by atoms with van der Waals surface area (Å²) in [6, 6.07) is 18.5. The molecule has 2 aliphatic heterocycles. The molecule has 1 amide bonds. The lowest BCUT2D eigenvalue weighted by Crippen LogP contribution is -2.61. The molecule has 0 aromatic heterocycles. The highest BCUT2D eigenvalue weighted by Gasteiger charge is 2.41. The van der Waals surface area contributed by atoms with Crippen molar-refractivity contribution in [2.45, 2.75) is 12.5 Å². The Kier molecular flexibility index (Phi) is 5.68. The molecule has 2 aromatic rings. The third-order valence-corrected chi connectivity index (χ3v) is 5.93. The number of para-hydroxylation sites is 2. The van der Waals surface area contributed by atoms with E-state index in [1.54, 1.807) is 7.11 Å². The maximum absolute atomic E-state index is 13.0. The first-order valence-corrected chi connectivity index (χ1v) is 10.1. The van der Waals surface area contributed by atoms with Crippen LogP contribution >= 0.6 is 0 Å². The van der Waals surface area contributed by atoms with Crippen LogP contribution in [0.5, 0.6) is 0 Å². The van der Waals surface area contributed by atoms with Crippen molar-refractivity contribution in [2.75, 3.05) is 49.7 Å². The average molecular weight is 390 g/mol. The summed E-state index contributed by atoms with van der Waals surface area (Å²) in [6.07, 6.45) is 0.726. The first-order valence-electron chi connectivity index (χ1n) is 10.1. The van der Waals surface area contributed by atoms with Crippen LogP contribution in [0.4, 0.5) is 11.4 Å². The van der Waals surface area contributed by atoms with E-state index in [1.165, 1.54) is 11.3 Å². The molecule has 0 unspecified atom stereocenters. The molecule has 150 valence electrons. The molecule has 0 aliphatic carbocycles. The summed E-state index contributed by atoms with van der Waals surface area (Å²) >= 11 is 0. The standard InChI is InChI=1S/C23H26N4O2/c1-29-13-10-25-23(28)19-14-17-6-2-5-9-21(17)27-12-11-26(16-22(19)27)20-8-4-3-7-18(20)15-24/h2-9,19,22H,10-14,16H2,1H3,(H,25,28)/t19-,22+/m0/s1. The van der Waals surface area contributed by atoms with Gasteiger partial charge in [0.05, 0.1) is 29.8 Å². The first-order chi connectivity index (χ1) is 14.2. The summed E-state index contributed by atoms with van der Waals surface area (Å²) in [5.74, 6) is -0.0687. The van der Waals surface area contributed by atoms with Crippen molar-refractivity contribution in [1.29, 1.82) is 5.26 Å². The van der Waals surface area contributed by atoms with Gasteiger partial charge in [-0.3, -0.25) is 4.79 Å². The van der Waals surface area contributed by atoms with Gasteiger partial charge in [-0.1, -0.05) is 30.3 Å². The molecular weight excluding hydrogens is 364 g/mol. The van der Waals surface area contributed by atoms with Crippen LogP contribution in [0.1, 0.15) is 11.1 Å². The van der Waals surface area contributed by atoms with E-state index in [0.29, 0.717) is 18.7 Å². The number of carbonyl (C=O) groups is 1. The highest BCUT2D eigenvalue weighted by Crippen LogP contribution is 2.37. The second-order valence-corrected chi connectivity index (χ2v) is 7.56. The van der Waals surface area contributed by atoms with Gasteiger partial charge in [0, 0.05) is 39.0 Å². The van der Waals surface area contributed by atoms with Crippen LogP contribution in [0.15, 0.2) is 48.5 Å².